The molecule has 124 valence electrons. The van der Waals surface area contributed by atoms with E-state index in [9.17, 15) is 9.59 Å². The first-order valence-electron chi connectivity index (χ1n) is 8.09. The van der Waals surface area contributed by atoms with E-state index in [-0.39, 0.29) is 23.9 Å². The molecule has 0 aromatic carbocycles. The average Bonchev–Trinajstić information content (AvgIpc) is 3.05. The number of hydrogen-bond donors (Lipinski definition) is 0. The van der Waals surface area contributed by atoms with Gasteiger partial charge in [-0.2, -0.15) is 10.2 Å². The topological polar surface area (TPSA) is 75.6 Å². The van der Waals surface area contributed by atoms with Gasteiger partial charge in [0.1, 0.15) is 0 Å². The summed E-state index contributed by atoms with van der Waals surface area (Å²) in [5.74, 6) is 0.0413. The summed E-state index contributed by atoms with van der Waals surface area (Å²) >= 11 is 0. The summed E-state index contributed by atoms with van der Waals surface area (Å²) in [6.45, 7) is 4.27. The van der Waals surface area contributed by atoms with Gasteiger partial charge in [-0.3, -0.25) is 9.59 Å². The lowest BCUT2D eigenvalue weighted by atomic mass is 10.0. The molecule has 3 heterocycles. The molecule has 0 radical (unpaired) electrons. The van der Waals surface area contributed by atoms with Gasteiger partial charge in [0.25, 0.3) is 5.91 Å². The molecule has 1 atom stereocenters. The minimum absolute atomic E-state index is 0.0436. The molecule has 3 rings (SSSR count). The molecule has 1 aromatic rings. The van der Waals surface area contributed by atoms with Crippen molar-refractivity contribution in [3.63, 3.8) is 0 Å². The molecule has 0 aliphatic carbocycles. The van der Waals surface area contributed by atoms with Crippen molar-refractivity contribution in [2.24, 2.45) is 0 Å². The van der Waals surface area contributed by atoms with Gasteiger partial charge in [0, 0.05) is 39.3 Å². The number of aromatic nitrogens is 2. The highest BCUT2D eigenvalue weighted by Crippen LogP contribution is 2.24. The number of amides is 2. The number of nitrogens with zero attached hydrogens (tertiary/aromatic N) is 4. The fraction of sp³-hybridized carbons (Fsp3) is 0.625. The molecule has 2 amide bonds. The third kappa shape index (κ3) is 3.50. The van der Waals surface area contributed by atoms with Crippen molar-refractivity contribution in [2.45, 2.75) is 38.3 Å². The maximum absolute atomic E-state index is 12.5. The second-order valence-corrected chi connectivity index (χ2v) is 6.09. The predicted octanol–water partition coefficient (Wildman–Crippen LogP) is 0.719. The van der Waals surface area contributed by atoms with Crippen LogP contribution in [0.4, 0.5) is 0 Å². The summed E-state index contributed by atoms with van der Waals surface area (Å²) in [4.78, 5) is 28.4. The summed E-state index contributed by atoms with van der Waals surface area (Å²) in [7, 11) is 0. The van der Waals surface area contributed by atoms with Gasteiger partial charge in [0.15, 0.2) is 0 Å². The number of ether oxygens (including phenoxy) is 1. The van der Waals surface area contributed by atoms with Crippen molar-refractivity contribution in [1.82, 2.24) is 20.0 Å². The second-order valence-electron chi connectivity index (χ2n) is 6.09. The number of carbonyl (C=O) groups excluding carboxylic acids is 2. The third-order valence-corrected chi connectivity index (χ3v) is 4.62. The van der Waals surface area contributed by atoms with Crippen LogP contribution in [0.1, 0.15) is 36.5 Å². The Bertz CT molecular complexity index is 560. The molecule has 23 heavy (non-hydrogen) atoms. The van der Waals surface area contributed by atoms with Crippen molar-refractivity contribution in [1.29, 1.82) is 0 Å². The van der Waals surface area contributed by atoms with E-state index in [1.54, 1.807) is 17.9 Å². The Balaban J connectivity index is 1.67. The zero-order valence-corrected chi connectivity index (χ0v) is 13.4. The highest BCUT2D eigenvalue weighted by atomic mass is 16.5. The predicted molar refractivity (Wildman–Crippen MR) is 82.7 cm³/mol. The van der Waals surface area contributed by atoms with Crippen molar-refractivity contribution >= 4 is 11.8 Å². The summed E-state index contributed by atoms with van der Waals surface area (Å²) < 4.78 is 5.39. The van der Waals surface area contributed by atoms with Gasteiger partial charge in [-0.25, -0.2) is 0 Å². The van der Waals surface area contributed by atoms with Gasteiger partial charge >= 0.3 is 0 Å². The van der Waals surface area contributed by atoms with E-state index in [1.165, 1.54) is 12.4 Å². The summed E-state index contributed by atoms with van der Waals surface area (Å²) in [5, 5.41) is 7.45. The standard InChI is InChI=1S/C16H22N4O3/c1-12(21)20(14-4-8-23-9-5-14)15-3-7-19(11-15)16(22)13-2-6-17-18-10-13/h2,6,10,14-15H,3-5,7-9,11H2,1H3. The number of hydrogen-bond acceptors (Lipinski definition) is 5. The van der Waals surface area contributed by atoms with Gasteiger partial charge in [-0.15, -0.1) is 0 Å². The zero-order valence-electron chi connectivity index (χ0n) is 13.4. The molecule has 2 fully saturated rings. The van der Waals surface area contributed by atoms with Gasteiger partial charge in [0.2, 0.25) is 5.91 Å². The SMILES string of the molecule is CC(=O)N(C1CCOCC1)C1CCN(C(=O)c2ccnnc2)C1. The van der Waals surface area contributed by atoms with Crippen LogP contribution in [0.3, 0.4) is 0 Å². The van der Waals surface area contributed by atoms with Gasteiger partial charge < -0.3 is 14.5 Å². The van der Waals surface area contributed by atoms with Crippen LogP contribution in [0.25, 0.3) is 0 Å². The minimum Gasteiger partial charge on any atom is -0.381 e. The fourth-order valence-electron chi connectivity index (χ4n) is 3.53. The van der Waals surface area contributed by atoms with Gasteiger partial charge in [-0.1, -0.05) is 0 Å². The van der Waals surface area contributed by atoms with Crippen molar-refractivity contribution < 1.29 is 14.3 Å². The summed E-state index contributed by atoms with van der Waals surface area (Å²) in [6, 6.07) is 1.99. The first-order valence-corrected chi connectivity index (χ1v) is 8.09. The molecular weight excluding hydrogens is 296 g/mol. The molecule has 0 bridgehead atoms. The lowest BCUT2D eigenvalue weighted by molar-refractivity contribution is -0.135. The first kappa shape index (κ1) is 15.9. The lowest BCUT2D eigenvalue weighted by Gasteiger charge is -2.37. The molecule has 0 N–H and O–H groups in total. The number of rotatable bonds is 3. The highest BCUT2D eigenvalue weighted by Gasteiger charge is 2.36. The molecule has 2 aliphatic rings. The van der Waals surface area contributed by atoms with Crippen LogP contribution < -0.4 is 0 Å². The number of carbonyl (C=O) groups is 2. The molecule has 2 aliphatic heterocycles. The van der Waals surface area contributed by atoms with Crippen LogP contribution in [0.5, 0.6) is 0 Å². The van der Waals surface area contributed by atoms with Crippen molar-refractivity contribution in [2.75, 3.05) is 26.3 Å². The van der Waals surface area contributed by atoms with Crippen LogP contribution in [0, 0.1) is 0 Å². The van der Waals surface area contributed by atoms with Crippen molar-refractivity contribution in [3.8, 4) is 0 Å². The third-order valence-electron chi connectivity index (χ3n) is 4.62. The lowest BCUT2D eigenvalue weighted by Crippen LogP contribution is -2.49. The molecule has 2 saturated heterocycles. The van der Waals surface area contributed by atoms with Crippen LogP contribution in [-0.2, 0) is 9.53 Å². The molecular formula is C16H22N4O3. The largest absolute Gasteiger partial charge is 0.381 e. The van der Waals surface area contributed by atoms with Crippen LogP contribution in [0.2, 0.25) is 0 Å². The Kier molecular flexibility index (Phi) is 4.85. The molecule has 7 nitrogen and oxygen atoms in total. The highest BCUT2D eigenvalue weighted by molar-refractivity contribution is 5.94. The molecule has 1 aromatic heterocycles. The van der Waals surface area contributed by atoms with E-state index in [0.717, 1.165) is 19.3 Å². The summed E-state index contributed by atoms with van der Waals surface area (Å²) in [6.07, 6.45) is 5.57. The molecule has 0 saturated carbocycles. The molecule has 0 spiro atoms. The second kappa shape index (κ2) is 7.04. The van der Waals surface area contributed by atoms with Gasteiger partial charge in [0.05, 0.1) is 24.0 Å². The van der Waals surface area contributed by atoms with E-state index in [0.29, 0.717) is 31.9 Å². The summed E-state index contributed by atoms with van der Waals surface area (Å²) in [5.41, 5.74) is 0.543. The van der Waals surface area contributed by atoms with Crippen LogP contribution in [-0.4, -0.2) is 70.2 Å². The smallest absolute Gasteiger partial charge is 0.255 e. The van der Waals surface area contributed by atoms with E-state index >= 15 is 0 Å². The Morgan fingerprint density at radius 2 is 2.00 bits per heavy atom. The van der Waals surface area contributed by atoms with E-state index in [1.807, 2.05) is 4.90 Å². The maximum Gasteiger partial charge on any atom is 0.255 e. The normalized spacial score (nSPS) is 22.1. The van der Waals surface area contributed by atoms with E-state index in [4.69, 9.17) is 4.74 Å². The molecule has 1 unspecified atom stereocenters. The van der Waals surface area contributed by atoms with E-state index < -0.39 is 0 Å². The van der Waals surface area contributed by atoms with E-state index in [2.05, 4.69) is 10.2 Å². The minimum atomic E-state index is -0.0436. The Labute approximate surface area is 135 Å². The number of likely N-dealkylation sites (tertiary alicyclic amines) is 1. The van der Waals surface area contributed by atoms with Crippen molar-refractivity contribution in [3.05, 3.63) is 24.0 Å². The Hall–Kier alpha value is -2.02. The van der Waals surface area contributed by atoms with Crippen LogP contribution in [0.15, 0.2) is 18.5 Å². The Morgan fingerprint density at radius 1 is 1.22 bits per heavy atom. The zero-order chi connectivity index (χ0) is 16.2. The average molecular weight is 318 g/mol. The fourth-order valence-corrected chi connectivity index (χ4v) is 3.53. The molecule has 7 heteroatoms. The van der Waals surface area contributed by atoms with Gasteiger partial charge in [-0.05, 0) is 25.3 Å². The van der Waals surface area contributed by atoms with Crippen LogP contribution >= 0.6 is 0 Å². The monoisotopic (exact) mass is 318 g/mol. The first-order chi connectivity index (χ1) is 11.2. The Morgan fingerprint density at radius 3 is 2.65 bits per heavy atom. The maximum atomic E-state index is 12.5. The quantitative estimate of drug-likeness (QED) is 0.821.